The predicted molar refractivity (Wildman–Crippen MR) is 61.1 cm³/mol. The molecule has 1 saturated heterocycles. The number of H-pyrrole nitrogens is 1. The average Bonchev–Trinajstić information content (AvgIpc) is 2.74. The van der Waals surface area contributed by atoms with Crippen LogP contribution in [0.5, 0.6) is 0 Å². The number of nitrogens with zero attached hydrogens (tertiary/aromatic N) is 1. The minimum absolute atomic E-state index is 0.463. The molecule has 1 fully saturated rings. The van der Waals surface area contributed by atoms with E-state index in [4.69, 9.17) is 4.74 Å². The zero-order chi connectivity index (χ0) is 10.5. The van der Waals surface area contributed by atoms with Crippen molar-refractivity contribution >= 4 is 11.8 Å². The molecule has 2 N–H and O–H groups in total. The molecule has 0 bridgehead atoms. The fraction of sp³-hybridized carbons (Fsp3) is 0.700. The van der Waals surface area contributed by atoms with Crippen LogP contribution in [0.2, 0.25) is 0 Å². The Morgan fingerprint density at radius 3 is 3.40 bits per heavy atom. The maximum atomic E-state index is 5.50. The Hall–Kier alpha value is -0.520. The van der Waals surface area contributed by atoms with Gasteiger partial charge in [-0.25, -0.2) is 4.98 Å². The third-order valence-electron chi connectivity index (χ3n) is 2.51. The third kappa shape index (κ3) is 2.96. The number of nitrogens with one attached hydrogen (secondary N) is 2. The van der Waals surface area contributed by atoms with Gasteiger partial charge in [0.25, 0.3) is 0 Å². The van der Waals surface area contributed by atoms with Crippen molar-refractivity contribution in [1.29, 1.82) is 0 Å². The van der Waals surface area contributed by atoms with Crippen molar-refractivity contribution in [3.05, 3.63) is 12.4 Å². The van der Waals surface area contributed by atoms with Gasteiger partial charge in [0.2, 0.25) is 0 Å². The van der Waals surface area contributed by atoms with Gasteiger partial charge in [-0.15, -0.1) is 0 Å². The summed E-state index contributed by atoms with van der Waals surface area (Å²) in [6, 6.07) is 0.541. The summed E-state index contributed by atoms with van der Waals surface area (Å²) in [5, 5.41) is 4.95. The summed E-state index contributed by atoms with van der Waals surface area (Å²) in [6.07, 6.45) is 4.73. The lowest BCUT2D eigenvalue weighted by atomic mass is 10.1. The monoisotopic (exact) mass is 227 g/mol. The van der Waals surface area contributed by atoms with Crippen LogP contribution in [0.1, 0.15) is 13.3 Å². The minimum atomic E-state index is 0.463. The largest absolute Gasteiger partial charge is 0.380 e. The summed E-state index contributed by atoms with van der Waals surface area (Å²) in [7, 11) is 0. The van der Waals surface area contributed by atoms with Crippen molar-refractivity contribution in [3.8, 4) is 0 Å². The molecule has 2 unspecified atom stereocenters. The standard InChI is InChI=1S/C10H17N3OS/c1-2-11-8-3-6-14-7-9(8)15-10-12-4-5-13-10/h4-5,8-9,11H,2-3,6-7H2,1H3,(H,12,13). The van der Waals surface area contributed by atoms with Crippen molar-refractivity contribution in [3.63, 3.8) is 0 Å². The van der Waals surface area contributed by atoms with Crippen LogP contribution in [0.25, 0.3) is 0 Å². The summed E-state index contributed by atoms with van der Waals surface area (Å²) >= 11 is 1.77. The quantitative estimate of drug-likeness (QED) is 0.813. The Morgan fingerprint density at radius 2 is 2.67 bits per heavy atom. The van der Waals surface area contributed by atoms with Crippen molar-refractivity contribution in [2.24, 2.45) is 0 Å². The molecule has 1 aromatic rings. The summed E-state index contributed by atoms with van der Waals surface area (Å²) in [6.45, 7) is 4.83. The van der Waals surface area contributed by atoms with Crippen LogP contribution in [-0.2, 0) is 4.74 Å². The van der Waals surface area contributed by atoms with Gasteiger partial charge in [0.1, 0.15) is 0 Å². The van der Waals surface area contributed by atoms with Crippen molar-refractivity contribution in [1.82, 2.24) is 15.3 Å². The first-order valence-electron chi connectivity index (χ1n) is 5.37. The fourth-order valence-electron chi connectivity index (χ4n) is 1.78. The topological polar surface area (TPSA) is 49.9 Å². The van der Waals surface area contributed by atoms with E-state index in [0.717, 1.165) is 31.3 Å². The van der Waals surface area contributed by atoms with Crippen LogP contribution in [0.15, 0.2) is 17.6 Å². The number of rotatable bonds is 4. The molecule has 0 aromatic carbocycles. The first-order chi connectivity index (χ1) is 7.40. The Kier molecular flexibility index (Phi) is 4.05. The molecule has 0 spiro atoms. The Labute approximate surface area is 94.2 Å². The SMILES string of the molecule is CCNC1CCOCC1Sc1ncc[nH]1. The molecule has 2 rings (SSSR count). The highest BCUT2D eigenvalue weighted by Gasteiger charge is 2.26. The molecule has 2 atom stereocenters. The summed E-state index contributed by atoms with van der Waals surface area (Å²) in [5.74, 6) is 0. The van der Waals surface area contributed by atoms with Crippen LogP contribution < -0.4 is 5.32 Å². The second-order valence-electron chi connectivity index (χ2n) is 3.58. The van der Waals surface area contributed by atoms with E-state index in [-0.39, 0.29) is 0 Å². The van der Waals surface area contributed by atoms with Crippen LogP contribution >= 0.6 is 11.8 Å². The second-order valence-corrected chi connectivity index (χ2v) is 4.81. The van der Waals surface area contributed by atoms with Gasteiger partial charge in [0, 0.05) is 25.0 Å². The van der Waals surface area contributed by atoms with E-state index >= 15 is 0 Å². The van der Waals surface area contributed by atoms with Gasteiger partial charge < -0.3 is 15.0 Å². The van der Waals surface area contributed by atoms with Gasteiger partial charge in [-0.2, -0.15) is 0 Å². The van der Waals surface area contributed by atoms with Gasteiger partial charge >= 0.3 is 0 Å². The lowest BCUT2D eigenvalue weighted by molar-refractivity contribution is 0.0836. The number of hydrogen-bond donors (Lipinski definition) is 2. The normalized spacial score (nSPS) is 26.7. The molecule has 0 radical (unpaired) electrons. The highest BCUT2D eigenvalue weighted by molar-refractivity contribution is 7.99. The zero-order valence-corrected chi connectivity index (χ0v) is 9.72. The molecule has 1 aliphatic rings. The number of aromatic amines is 1. The predicted octanol–water partition coefficient (Wildman–Crippen LogP) is 1.27. The van der Waals surface area contributed by atoms with E-state index < -0.39 is 0 Å². The molecule has 1 aromatic heterocycles. The molecule has 84 valence electrons. The number of hydrogen-bond acceptors (Lipinski definition) is 4. The van der Waals surface area contributed by atoms with Gasteiger partial charge in [-0.05, 0) is 13.0 Å². The van der Waals surface area contributed by atoms with Crippen LogP contribution in [0, 0.1) is 0 Å². The third-order valence-corrected chi connectivity index (χ3v) is 3.72. The minimum Gasteiger partial charge on any atom is -0.380 e. The lowest BCUT2D eigenvalue weighted by Crippen LogP contribution is -2.44. The van der Waals surface area contributed by atoms with Crippen molar-refractivity contribution < 1.29 is 4.74 Å². The fourth-order valence-corrected chi connectivity index (χ4v) is 2.89. The zero-order valence-electron chi connectivity index (χ0n) is 8.90. The molecule has 2 heterocycles. The van der Waals surface area contributed by atoms with E-state index in [1.165, 1.54) is 0 Å². The molecule has 1 aliphatic heterocycles. The van der Waals surface area contributed by atoms with E-state index in [1.807, 2.05) is 6.20 Å². The average molecular weight is 227 g/mol. The maximum Gasteiger partial charge on any atom is 0.165 e. The first-order valence-corrected chi connectivity index (χ1v) is 6.25. The molecule has 5 heteroatoms. The Balaban J connectivity index is 1.92. The first kappa shape index (κ1) is 11.0. The second kappa shape index (κ2) is 5.53. The van der Waals surface area contributed by atoms with Crippen molar-refractivity contribution in [2.75, 3.05) is 19.8 Å². The van der Waals surface area contributed by atoms with Gasteiger partial charge in [-0.1, -0.05) is 18.7 Å². The lowest BCUT2D eigenvalue weighted by Gasteiger charge is -2.30. The number of thioether (sulfide) groups is 1. The Morgan fingerprint density at radius 1 is 1.73 bits per heavy atom. The molecule has 15 heavy (non-hydrogen) atoms. The number of ether oxygens (including phenoxy) is 1. The van der Waals surface area contributed by atoms with Gasteiger partial charge in [0.05, 0.1) is 11.9 Å². The molecular weight excluding hydrogens is 210 g/mol. The number of aromatic nitrogens is 2. The molecule has 0 aliphatic carbocycles. The Bertz CT molecular complexity index is 276. The van der Waals surface area contributed by atoms with E-state index in [0.29, 0.717) is 11.3 Å². The van der Waals surface area contributed by atoms with E-state index in [2.05, 4.69) is 22.2 Å². The van der Waals surface area contributed by atoms with Crippen molar-refractivity contribution in [2.45, 2.75) is 29.8 Å². The summed E-state index contributed by atoms with van der Waals surface area (Å²) in [4.78, 5) is 7.34. The maximum absolute atomic E-state index is 5.50. The van der Waals surface area contributed by atoms with E-state index in [1.54, 1.807) is 18.0 Å². The molecule has 0 amide bonds. The molecule has 4 nitrogen and oxygen atoms in total. The smallest absolute Gasteiger partial charge is 0.165 e. The summed E-state index contributed by atoms with van der Waals surface area (Å²) in [5.41, 5.74) is 0. The van der Waals surface area contributed by atoms with Gasteiger partial charge in [-0.3, -0.25) is 0 Å². The molecule has 0 saturated carbocycles. The van der Waals surface area contributed by atoms with Gasteiger partial charge in [0.15, 0.2) is 5.16 Å². The number of imidazole rings is 1. The highest BCUT2D eigenvalue weighted by Crippen LogP contribution is 2.26. The summed E-state index contributed by atoms with van der Waals surface area (Å²) < 4.78 is 5.50. The molecular formula is C10H17N3OS. The van der Waals surface area contributed by atoms with Crippen LogP contribution in [0.4, 0.5) is 0 Å². The van der Waals surface area contributed by atoms with Crippen LogP contribution in [-0.4, -0.2) is 41.0 Å². The van der Waals surface area contributed by atoms with E-state index in [9.17, 15) is 0 Å². The highest BCUT2D eigenvalue weighted by atomic mass is 32.2. The van der Waals surface area contributed by atoms with Crippen LogP contribution in [0.3, 0.4) is 0 Å².